The number of anilines is 1. The van der Waals surface area contributed by atoms with E-state index in [-0.39, 0.29) is 23.5 Å². The molecule has 0 radical (unpaired) electrons. The number of halogens is 3. The lowest BCUT2D eigenvalue weighted by atomic mass is 10.0. The summed E-state index contributed by atoms with van der Waals surface area (Å²) in [6, 6.07) is 9.34. The molecular formula is C32H41F3N6O5. The molecular weight excluding hydrogens is 605 g/mol. The number of rotatable bonds is 8. The normalized spacial score (nSPS) is 16.6. The topological polar surface area (TPSA) is 117 Å². The summed E-state index contributed by atoms with van der Waals surface area (Å²) in [5.41, 5.74) is 2.60. The summed E-state index contributed by atoms with van der Waals surface area (Å²) >= 11 is 0. The molecule has 250 valence electrons. The summed E-state index contributed by atoms with van der Waals surface area (Å²) in [6.45, 7) is 7.83. The Balaban J connectivity index is 0.00000235. The molecule has 0 saturated carbocycles. The smallest absolute Gasteiger partial charge is 0.416 e. The predicted molar refractivity (Wildman–Crippen MR) is 168 cm³/mol. The molecule has 3 aromatic rings. The first-order valence-corrected chi connectivity index (χ1v) is 15.4. The number of nitro benzene ring substituents is 1. The van der Waals surface area contributed by atoms with Crippen LogP contribution in [0.5, 0.6) is 0 Å². The lowest BCUT2D eigenvalue weighted by Gasteiger charge is -2.37. The zero-order valence-corrected chi connectivity index (χ0v) is 26.6. The molecule has 2 aliphatic heterocycles. The second-order valence-corrected chi connectivity index (χ2v) is 11.2. The maximum absolute atomic E-state index is 13.2. The summed E-state index contributed by atoms with van der Waals surface area (Å²) in [7, 11) is 3.23. The molecule has 1 aromatic heterocycles. The molecule has 2 aliphatic rings. The van der Waals surface area contributed by atoms with Crippen LogP contribution >= 0.6 is 0 Å². The summed E-state index contributed by atoms with van der Waals surface area (Å²) in [5.74, 6) is -0.651. The van der Waals surface area contributed by atoms with Gasteiger partial charge in [0.2, 0.25) is 0 Å². The minimum atomic E-state index is -4.43. The lowest BCUT2D eigenvalue weighted by Crippen LogP contribution is -2.49. The number of hydrogen-bond donors (Lipinski definition) is 1. The Morgan fingerprint density at radius 3 is 2.35 bits per heavy atom. The van der Waals surface area contributed by atoms with Gasteiger partial charge in [0.05, 0.1) is 41.5 Å². The van der Waals surface area contributed by atoms with E-state index in [2.05, 4.69) is 9.80 Å². The molecule has 5 rings (SSSR count). The van der Waals surface area contributed by atoms with E-state index in [4.69, 9.17) is 9.84 Å². The fourth-order valence-corrected chi connectivity index (χ4v) is 6.04. The summed E-state index contributed by atoms with van der Waals surface area (Å²) in [6.07, 6.45) is -3.59. The zero-order chi connectivity index (χ0) is 33.6. The molecule has 2 aromatic carbocycles. The van der Waals surface area contributed by atoms with Gasteiger partial charge < -0.3 is 19.6 Å². The minimum Gasteiger partial charge on any atom is -0.465 e. The lowest BCUT2D eigenvalue weighted by molar-refractivity contribution is -0.384. The zero-order valence-electron chi connectivity index (χ0n) is 26.6. The fourth-order valence-electron chi connectivity index (χ4n) is 6.04. The van der Waals surface area contributed by atoms with Crippen LogP contribution in [0.4, 0.5) is 24.5 Å². The van der Waals surface area contributed by atoms with Gasteiger partial charge in [0.15, 0.2) is 0 Å². The van der Waals surface area contributed by atoms with Crippen LogP contribution in [-0.4, -0.2) is 95.1 Å². The van der Waals surface area contributed by atoms with E-state index < -0.39 is 28.7 Å². The van der Waals surface area contributed by atoms with E-state index in [0.717, 1.165) is 42.8 Å². The largest absolute Gasteiger partial charge is 0.465 e. The second-order valence-electron chi connectivity index (χ2n) is 11.2. The van der Waals surface area contributed by atoms with Crippen molar-refractivity contribution >= 4 is 17.3 Å². The molecule has 46 heavy (non-hydrogen) atoms. The van der Waals surface area contributed by atoms with Gasteiger partial charge in [-0.3, -0.25) is 19.7 Å². The molecule has 3 heterocycles. The van der Waals surface area contributed by atoms with Crippen LogP contribution in [0, 0.1) is 10.1 Å². The Morgan fingerprint density at radius 2 is 1.74 bits per heavy atom. The van der Waals surface area contributed by atoms with Crippen molar-refractivity contribution < 1.29 is 32.7 Å². The first-order chi connectivity index (χ1) is 22.0. The molecule has 0 spiro atoms. The Hall–Kier alpha value is -4.01. The van der Waals surface area contributed by atoms with Gasteiger partial charge >= 0.3 is 12.1 Å². The number of β-amino-alcohol motifs (C(OH)–C–C–N with tert-alkyl or cyclic N) is 1. The van der Waals surface area contributed by atoms with Gasteiger partial charge in [0.25, 0.3) is 5.69 Å². The highest BCUT2D eigenvalue weighted by molar-refractivity contribution is 5.98. The molecule has 14 heteroatoms. The number of ether oxygens (including phenoxy) is 1. The Morgan fingerprint density at radius 1 is 1.07 bits per heavy atom. The van der Waals surface area contributed by atoms with Crippen LogP contribution < -0.4 is 4.90 Å². The Bertz CT molecular complexity index is 1500. The van der Waals surface area contributed by atoms with E-state index in [0.29, 0.717) is 50.5 Å². The number of aromatic nitrogens is 2. The highest BCUT2D eigenvalue weighted by atomic mass is 19.4. The first kappa shape index (κ1) is 34.9. The highest BCUT2D eigenvalue weighted by Gasteiger charge is 2.32. The second kappa shape index (κ2) is 15.1. The number of nitrogens with zero attached hydrogens (tertiary/aromatic N) is 6. The molecule has 1 unspecified atom stereocenters. The van der Waals surface area contributed by atoms with Gasteiger partial charge in [0.1, 0.15) is 5.69 Å². The average Bonchev–Trinajstić information content (AvgIpc) is 3.23. The molecule has 1 fully saturated rings. The van der Waals surface area contributed by atoms with Gasteiger partial charge in [-0.05, 0) is 44.6 Å². The van der Waals surface area contributed by atoms with E-state index >= 15 is 0 Å². The maximum Gasteiger partial charge on any atom is 0.416 e. The van der Waals surface area contributed by atoms with Crippen molar-refractivity contribution in [3.05, 3.63) is 75.0 Å². The molecule has 0 amide bonds. The number of methoxy groups -OCH3 is 1. The number of carbonyl (C=O) groups is 1. The van der Waals surface area contributed by atoms with Crippen LogP contribution in [0.25, 0.3) is 11.3 Å². The summed E-state index contributed by atoms with van der Waals surface area (Å²) in [5, 5.41) is 27.6. The predicted octanol–water partition coefficient (Wildman–Crippen LogP) is 4.85. The average molecular weight is 647 g/mol. The van der Waals surface area contributed by atoms with Gasteiger partial charge in [-0.25, -0.2) is 4.79 Å². The van der Waals surface area contributed by atoms with Crippen molar-refractivity contribution in [2.24, 2.45) is 0 Å². The Labute approximate surface area is 266 Å². The minimum absolute atomic E-state index is 0.129. The van der Waals surface area contributed by atoms with E-state index in [1.54, 1.807) is 9.58 Å². The van der Waals surface area contributed by atoms with E-state index in [1.807, 2.05) is 20.9 Å². The maximum atomic E-state index is 13.2. The number of benzene rings is 2. The Kier molecular flexibility index (Phi) is 11.4. The third-order valence-corrected chi connectivity index (χ3v) is 8.19. The molecule has 0 aliphatic carbocycles. The van der Waals surface area contributed by atoms with Gasteiger partial charge in [-0.15, -0.1) is 0 Å². The number of alkyl halides is 3. The number of aliphatic hydroxyl groups is 1. The van der Waals surface area contributed by atoms with Gasteiger partial charge in [-0.2, -0.15) is 18.3 Å². The molecule has 1 atom stereocenters. The van der Waals surface area contributed by atoms with Crippen LogP contribution in [0.2, 0.25) is 0 Å². The van der Waals surface area contributed by atoms with E-state index in [9.17, 15) is 33.2 Å². The monoisotopic (exact) mass is 646 g/mol. The van der Waals surface area contributed by atoms with Crippen molar-refractivity contribution in [3.8, 4) is 11.3 Å². The quantitative estimate of drug-likeness (QED) is 0.208. The number of piperazine rings is 1. The number of carbonyl (C=O) groups excluding carboxylic acids is 1. The van der Waals surface area contributed by atoms with Gasteiger partial charge in [-0.1, -0.05) is 32.0 Å². The number of esters is 1. The molecule has 1 N–H and O–H groups in total. The molecule has 1 saturated heterocycles. The summed E-state index contributed by atoms with van der Waals surface area (Å²) < 4.78 is 46.1. The third-order valence-electron chi connectivity index (χ3n) is 8.19. The third kappa shape index (κ3) is 7.85. The van der Waals surface area contributed by atoms with Crippen LogP contribution in [0.1, 0.15) is 47.4 Å². The van der Waals surface area contributed by atoms with Crippen molar-refractivity contribution in [1.29, 1.82) is 0 Å². The van der Waals surface area contributed by atoms with E-state index in [1.165, 1.54) is 37.4 Å². The number of fused-ring (bicyclic) bond motifs is 1. The number of hydrogen-bond acceptors (Lipinski definition) is 9. The standard InChI is InChI=1S/C30H35F3N6O5.C2H6/c1-35-12-4-7-25-24(19-35)27(20-8-10-21(11-9-20)30(31,32)33)34-38(25)18-22(40)17-36-13-15-37(16-14-36)28-23(29(41)44-2)5-3-6-26(28)39(42)43;1-2/h3,5-6,8-11,22,40H,4,7,12-19H2,1-2H3;1-2H3. The fraction of sp³-hybridized carbons (Fsp3) is 0.500. The molecule has 0 bridgehead atoms. The number of nitro groups is 1. The van der Waals surface area contributed by atoms with Crippen LogP contribution in [-0.2, 0) is 30.4 Å². The summed E-state index contributed by atoms with van der Waals surface area (Å²) in [4.78, 5) is 29.6. The number of para-hydroxylation sites is 1. The van der Waals surface area contributed by atoms with Crippen LogP contribution in [0.3, 0.4) is 0 Å². The number of aliphatic hydroxyl groups excluding tert-OH is 1. The molecule has 11 nitrogen and oxygen atoms in total. The first-order valence-electron chi connectivity index (χ1n) is 15.4. The van der Waals surface area contributed by atoms with Crippen molar-refractivity contribution in [1.82, 2.24) is 19.6 Å². The van der Waals surface area contributed by atoms with Crippen molar-refractivity contribution in [2.75, 3.05) is 58.3 Å². The van der Waals surface area contributed by atoms with Crippen LogP contribution in [0.15, 0.2) is 42.5 Å². The van der Waals surface area contributed by atoms with Crippen molar-refractivity contribution in [3.63, 3.8) is 0 Å². The van der Waals surface area contributed by atoms with Gasteiger partial charge in [0, 0.05) is 62.2 Å². The van der Waals surface area contributed by atoms with Crippen molar-refractivity contribution in [2.45, 2.75) is 52.1 Å². The highest BCUT2D eigenvalue weighted by Crippen LogP contribution is 2.35. The SMILES string of the molecule is CC.COC(=O)c1cccc([N+](=O)[O-])c1N1CCN(CC(O)Cn2nc(-c3ccc(C(F)(F)F)cc3)c3c2CCCN(C)C3)CC1.